The van der Waals surface area contributed by atoms with Gasteiger partial charge in [-0.1, -0.05) is 53.7 Å². The van der Waals surface area contributed by atoms with Gasteiger partial charge < -0.3 is 20.4 Å². The third kappa shape index (κ3) is 5.06. The highest BCUT2D eigenvalue weighted by molar-refractivity contribution is 8.00. The summed E-state index contributed by atoms with van der Waals surface area (Å²) in [5.41, 5.74) is 3.45. The molecule has 2 heterocycles. The third-order valence-corrected chi connectivity index (χ3v) is 7.89. The molecule has 2 aliphatic rings. The van der Waals surface area contributed by atoms with Crippen molar-refractivity contribution in [1.82, 2.24) is 5.32 Å². The van der Waals surface area contributed by atoms with E-state index >= 15 is 0 Å². The minimum Gasteiger partial charge on any atom is -0.360 e. The molecule has 8 heteroatoms. The topological polar surface area (TPSA) is 65.9 Å². The summed E-state index contributed by atoms with van der Waals surface area (Å²) in [5, 5.41) is 6.51. The van der Waals surface area contributed by atoms with E-state index in [4.69, 9.17) is 11.6 Å². The van der Waals surface area contributed by atoms with Crippen LogP contribution in [0.1, 0.15) is 15.9 Å². The molecule has 1 atom stereocenters. The number of benzene rings is 3. The fourth-order valence-corrected chi connectivity index (χ4v) is 5.70. The van der Waals surface area contributed by atoms with Crippen molar-refractivity contribution in [3.05, 3.63) is 88.9 Å². The van der Waals surface area contributed by atoms with Crippen LogP contribution in [-0.2, 0) is 11.3 Å². The van der Waals surface area contributed by atoms with Gasteiger partial charge in [0, 0.05) is 27.7 Å². The van der Waals surface area contributed by atoms with Crippen LogP contribution in [0.2, 0.25) is 5.02 Å². The maximum Gasteiger partial charge on any atom is 0.294 e. The van der Waals surface area contributed by atoms with Gasteiger partial charge in [-0.25, -0.2) is 0 Å². The number of carbonyl (C=O) groups is 2. The third-order valence-electron chi connectivity index (χ3n) is 6.25. The summed E-state index contributed by atoms with van der Waals surface area (Å²) < 4.78 is 0. The van der Waals surface area contributed by atoms with Gasteiger partial charge in [0.25, 0.3) is 11.8 Å². The maximum absolute atomic E-state index is 13.0. The number of halogens is 1. The second-order valence-corrected chi connectivity index (χ2v) is 10.1. The number of hydrogen-bond donors (Lipinski definition) is 3. The predicted octanol–water partition coefficient (Wildman–Crippen LogP) is 3.05. The van der Waals surface area contributed by atoms with E-state index in [1.54, 1.807) is 17.8 Å². The second-order valence-electron chi connectivity index (χ2n) is 8.49. The summed E-state index contributed by atoms with van der Waals surface area (Å²) in [6.45, 7) is 3.99. The standard InChI is InChI=1S/C26H25ClN4O2S/c27-20-7-9-21(10-8-20)30-12-14-31(15-13-30)26-25(33)29-22-16-19(6-11-23(22)34-26)24(32)28-17-18-4-2-1-3-5-18/h1-11,16,26H,12-15,17H2,(H,28,32)(H,29,33)/p+1. The Bertz CT molecular complexity index is 1180. The fraction of sp³-hybridized carbons (Fsp3) is 0.231. The number of nitrogens with one attached hydrogen (secondary N) is 3. The molecule has 0 aromatic heterocycles. The Morgan fingerprint density at radius 1 is 1.06 bits per heavy atom. The fourth-order valence-electron chi connectivity index (χ4n) is 4.37. The van der Waals surface area contributed by atoms with Crippen LogP contribution in [0.3, 0.4) is 0 Å². The lowest BCUT2D eigenvalue weighted by molar-refractivity contribution is -0.902. The van der Waals surface area contributed by atoms with Gasteiger partial charge in [0.1, 0.15) is 0 Å². The molecule has 1 unspecified atom stereocenters. The molecule has 0 spiro atoms. The van der Waals surface area contributed by atoms with Crippen molar-refractivity contribution in [1.29, 1.82) is 0 Å². The number of anilines is 2. The van der Waals surface area contributed by atoms with Crippen molar-refractivity contribution in [2.24, 2.45) is 0 Å². The number of piperazine rings is 1. The molecule has 2 aliphatic heterocycles. The lowest BCUT2D eigenvalue weighted by Crippen LogP contribution is -3.19. The number of fused-ring (bicyclic) bond motifs is 1. The van der Waals surface area contributed by atoms with Crippen molar-refractivity contribution < 1.29 is 14.5 Å². The van der Waals surface area contributed by atoms with Gasteiger partial charge in [0.05, 0.1) is 31.9 Å². The van der Waals surface area contributed by atoms with E-state index in [1.807, 2.05) is 66.7 Å². The van der Waals surface area contributed by atoms with Gasteiger partial charge in [-0.3, -0.25) is 9.59 Å². The summed E-state index contributed by atoms with van der Waals surface area (Å²) in [4.78, 5) is 30.2. The lowest BCUT2D eigenvalue weighted by atomic mass is 10.1. The summed E-state index contributed by atoms with van der Waals surface area (Å²) in [6, 6.07) is 23.2. The highest BCUT2D eigenvalue weighted by Gasteiger charge is 2.37. The van der Waals surface area contributed by atoms with Crippen LogP contribution in [0.25, 0.3) is 0 Å². The second kappa shape index (κ2) is 10.1. The van der Waals surface area contributed by atoms with Gasteiger partial charge >= 0.3 is 0 Å². The van der Waals surface area contributed by atoms with E-state index in [1.165, 1.54) is 4.90 Å². The zero-order valence-electron chi connectivity index (χ0n) is 18.6. The van der Waals surface area contributed by atoms with Crippen molar-refractivity contribution in [2.75, 3.05) is 36.4 Å². The molecule has 174 valence electrons. The van der Waals surface area contributed by atoms with Gasteiger partial charge in [0.15, 0.2) is 0 Å². The first kappa shape index (κ1) is 22.8. The molecule has 0 radical (unpaired) electrons. The van der Waals surface area contributed by atoms with Crippen molar-refractivity contribution in [2.45, 2.75) is 16.8 Å². The summed E-state index contributed by atoms with van der Waals surface area (Å²) in [7, 11) is 0. The minimum atomic E-state index is -0.197. The highest BCUT2D eigenvalue weighted by atomic mass is 35.5. The first-order valence-corrected chi connectivity index (χ1v) is 12.6. The van der Waals surface area contributed by atoms with Crippen LogP contribution in [-0.4, -0.2) is 43.4 Å². The number of rotatable bonds is 5. The maximum atomic E-state index is 13.0. The summed E-state index contributed by atoms with van der Waals surface area (Å²) in [5.74, 6) is -0.161. The van der Waals surface area contributed by atoms with Crippen molar-refractivity contribution >= 4 is 46.6 Å². The number of nitrogens with zero attached hydrogens (tertiary/aromatic N) is 1. The molecule has 1 fully saturated rings. The minimum absolute atomic E-state index is 0.00529. The van der Waals surface area contributed by atoms with Crippen LogP contribution in [0, 0.1) is 0 Å². The van der Waals surface area contributed by atoms with Gasteiger partial charge in [-0.05, 0) is 48.0 Å². The molecule has 1 saturated heterocycles. The average molecular weight is 494 g/mol. The van der Waals surface area contributed by atoms with E-state index in [-0.39, 0.29) is 17.2 Å². The number of amides is 2. The number of hydrogen-bond acceptors (Lipinski definition) is 4. The Hall–Kier alpha value is -3.00. The molecule has 0 saturated carbocycles. The molecule has 0 aliphatic carbocycles. The van der Waals surface area contributed by atoms with E-state index in [0.717, 1.165) is 47.3 Å². The van der Waals surface area contributed by atoms with Crippen LogP contribution in [0.5, 0.6) is 0 Å². The zero-order chi connectivity index (χ0) is 23.5. The monoisotopic (exact) mass is 493 g/mol. The van der Waals surface area contributed by atoms with Gasteiger partial charge in [-0.2, -0.15) is 0 Å². The highest BCUT2D eigenvalue weighted by Crippen LogP contribution is 2.34. The Labute approximate surface area is 208 Å². The van der Waals surface area contributed by atoms with E-state index in [0.29, 0.717) is 17.8 Å². The Morgan fingerprint density at radius 2 is 1.79 bits per heavy atom. The molecule has 3 aromatic carbocycles. The zero-order valence-corrected chi connectivity index (χ0v) is 20.2. The number of quaternary nitrogens is 1. The summed E-state index contributed by atoms with van der Waals surface area (Å²) in [6.07, 6.45) is 0. The molecule has 0 bridgehead atoms. The smallest absolute Gasteiger partial charge is 0.294 e. The van der Waals surface area contributed by atoms with Crippen molar-refractivity contribution in [3.8, 4) is 0 Å². The molecule has 2 amide bonds. The predicted molar refractivity (Wildman–Crippen MR) is 137 cm³/mol. The van der Waals surface area contributed by atoms with E-state index < -0.39 is 0 Å². The van der Waals surface area contributed by atoms with E-state index in [9.17, 15) is 9.59 Å². The average Bonchev–Trinajstić information content (AvgIpc) is 2.88. The van der Waals surface area contributed by atoms with Gasteiger partial charge in [0.2, 0.25) is 5.37 Å². The lowest BCUT2D eigenvalue weighted by Gasteiger charge is -2.38. The molecule has 6 nitrogen and oxygen atoms in total. The molecular formula is C26H26ClN4O2S+. The van der Waals surface area contributed by atoms with Crippen LogP contribution in [0.4, 0.5) is 11.4 Å². The first-order valence-electron chi connectivity index (χ1n) is 11.4. The number of thioether (sulfide) groups is 1. The Kier molecular flexibility index (Phi) is 6.76. The van der Waals surface area contributed by atoms with E-state index in [2.05, 4.69) is 15.5 Å². The summed E-state index contributed by atoms with van der Waals surface area (Å²) >= 11 is 7.59. The van der Waals surface area contributed by atoms with Gasteiger partial charge in [-0.15, -0.1) is 0 Å². The Balaban J connectivity index is 1.20. The largest absolute Gasteiger partial charge is 0.360 e. The van der Waals surface area contributed by atoms with Crippen LogP contribution >= 0.6 is 23.4 Å². The molecule has 5 rings (SSSR count). The normalized spacial score (nSPS) is 18.2. The quantitative estimate of drug-likeness (QED) is 0.511. The van der Waals surface area contributed by atoms with Crippen molar-refractivity contribution in [3.63, 3.8) is 0 Å². The number of carbonyl (C=O) groups excluding carboxylic acids is 2. The Morgan fingerprint density at radius 3 is 2.53 bits per heavy atom. The molecular weight excluding hydrogens is 468 g/mol. The van der Waals surface area contributed by atoms with Crippen LogP contribution < -0.4 is 20.4 Å². The molecule has 34 heavy (non-hydrogen) atoms. The molecule has 3 aromatic rings. The SMILES string of the molecule is O=C(NCc1ccccc1)c1ccc2c(c1)NC(=O)C([NH+]1CCN(c3ccc(Cl)cc3)CC1)S2. The first-order chi connectivity index (χ1) is 16.6. The molecule has 3 N–H and O–H groups in total. The van der Waals surface area contributed by atoms with Crippen LogP contribution in [0.15, 0.2) is 77.7 Å².